The van der Waals surface area contributed by atoms with E-state index in [0.717, 1.165) is 6.42 Å². The number of rotatable bonds is 2. The molecule has 3 rings (SSSR count). The van der Waals surface area contributed by atoms with Gasteiger partial charge in [0.1, 0.15) is 17.5 Å². The van der Waals surface area contributed by atoms with Gasteiger partial charge in [0.25, 0.3) is 0 Å². The van der Waals surface area contributed by atoms with Gasteiger partial charge in [0.05, 0.1) is 17.2 Å². The fourth-order valence-corrected chi connectivity index (χ4v) is 4.42. The number of hydrogen-bond donors (Lipinski definition) is 0. The Hall–Kier alpha value is -1.76. The third kappa shape index (κ3) is 2.97. The van der Waals surface area contributed by atoms with E-state index < -0.39 is 9.84 Å². The van der Waals surface area contributed by atoms with Gasteiger partial charge < -0.3 is 0 Å². The van der Waals surface area contributed by atoms with Crippen LogP contribution < -0.4 is 0 Å². The largest absolute Gasteiger partial charge is 0.229 e. The summed E-state index contributed by atoms with van der Waals surface area (Å²) >= 11 is 0. The number of benzene rings is 1. The third-order valence-electron chi connectivity index (χ3n) is 3.62. The topological polar surface area (TPSA) is 64.8 Å². The van der Waals surface area contributed by atoms with E-state index in [2.05, 4.69) is 10.1 Å². The smallest absolute Gasteiger partial charge is 0.151 e. The lowest BCUT2D eigenvalue weighted by Crippen LogP contribution is -2.25. The first kappa shape index (κ1) is 14.2. The minimum absolute atomic E-state index is 0.0838. The first-order valence-corrected chi connectivity index (χ1v) is 8.67. The summed E-state index contributed by atoms with van der Waals surface area (Å²) in [7, 11) is -3.03. The molecule has 21 heavy (non-hydrogen) atoms. The van der Waals surface area contributed by atoms with Gasteiger partial charge in [0.15, 0.2) is 9.84 Å². The lowest BCUT2D eigenvalue weighted by Gasteiger charge is -2.21. The van der Waals surface area contributed by atoms with E-state index in [1.165, 1.54) is 12.1 Å². The molecule has 1 aliphatic rings. The molecule has 1 aromatic heterocycles. The molecule has 0 N–H and O–H groups in total. The van der Waals surface area contributed by atoms with Gasteiger partial charge in [-0.05, 0) is 38.0 Å². The van der Waals surface area contributed by atoms with Gasteiger partial charge in [-0.25, -0.2) is 22.5 Å². The summed E-state index contributed by atoms with van der Waals surface area (Å²) in [5.41, 5.74) is 0.563. The fourth-order valence-electron chi connectivity index (χ4n) is 2.72. The van der Waals surface area contributed by atoms with Crippen molar-refractivity contribution in [3.63, 3.8) is 0 Å². The van der Waals surface area contributed by atoms with Crippen LogP contribution in [0.3, 0.4) is 0 Å². The van der Waals surface area contributed by atoms with Crippen LogP contribution in [0.15, 0.2) is 24.3 Å². The summed E-state index contributed by atoms with van der Waals surface area (Å²) in [5.74, 6) is 0.923. The monoisotopic (exact) mass is 309 g/mol. The van der Waals surface area contributed by atoms with Crippen LogP contribution in [-0.4, -0.2) is 34.7 Å². The molecule has 2 heterocycles. The van der Waals surface area contributed by atoms with Gasteiger partial charge in [-0.15, -0.1) is 0 Å². The van der Waals surface area contributed by atoms with E-state index in [1.54, 1.807) is 23.7 Å². The molecule has 2 aromatic rings. The van der Waals surface area contributed by atoms with Crippen molar-refractivity contribution in [3.05, 3.63) is 41.7 Å². The predicted molar refractivity (Wildman–Crippen MR) is 76.7 cm³/mol. The molecule has 0 spiro atoms. The highest BCUT2D eigenvalue weighted by Crippen LogP contribution is 2.28. The molecule has 0 amide bonds. The Balaban J connectivity index is 2.04. The Morgan fingerprint density at radius 3 is 2.90 bits per heavy atom. The van der Waals surface area contributed by atoms with E-state index in [1.807, 2.05) is 0 Å². The quantitative estimate of drug-likeness (QED) is 0.851. The van der Waals surface area contributed by atoms with Gasteiger partial charge in [-0.3, -0.25) is 0 Å². The zero-order valence-corrected chi connectivity index (χ0v) is 12.5. The maximum absolute atomic E-state index is 13.4. The summed E-state index contributed by atoms with van der Waals surface area (Å²) in [5, 5.41) is 4.29. The van der Waals surface area contributed by atoms with Gasteiger partial charge in [0.2, 0.25) is 0 Å². The number of aromatic nitrogens is 3. The molecule has 0 unspecified atom stereocenters. The molecule has 0 bridgehead atoms. The number of hydrogen-bond acceptors (Lipinski definition) is 4. The van der Waals surface area contributed by atoms with Gasteiger partial charge in [-0.1, -0.05) is 6.07 Å². The first-order chi connectivity index (χ1) is 9.94. The highest BCUT2D eigenvalue weighted by atomic mass is 32.2. The van der Waals surface area contributed by atoms with Crippen molar-refractivity contribution in [1.29, 1.82) is 0 Å². The molecule has 1 aromatic carbocycles. The molecule has 0 radical (unpaired) electrons. The third-order valence-corrected chi connectivity index (χ3v) is 5.44. The molecule has 0 saturated carbocycles. The second-order valence-electron chi connectivity index (χ2n) is 5.36. The Morgan fingerprint density at radius 1 is 1.38 bits per heavy atom. The number of sulfone groups is 1. The fraction of sp³-hybridized carbons (Fsp3) is 0.429. The molecule has 7 heteroatoms. The predicted octanol–water partition coefficient (Wildman–Crippen LogP) is 2.01. The Kier molecular flexibility index (Phi) is 3.52. The highest BCUT2D eigenvalue weighted by molar-refractivity contribution is 7.91. The van der Waals surface area contributed by atoms with Crippen LogP contribution in [0.5, 0.6) is 0 Å². The van der Waals surface area contributed by atoms with Crippen LogP contribution in [0.2, 0.25) is 0 Å². The average molecular weight is 309 g/mol. The maximum atomic E-state index is 13.4. The summed E-state index contributed by atoms with van der Waals surface area (Å²) in [6.07, 6.45) is 1.38. The number of nitrogens with zero attached hydrogens (tertiary/aromatic N) is 3. The summed E-state index contributed by atoms with van der Waals surface area (Å²) in [6.45, 7) is 1.75. The zero-order valence-electron chi connectivity index (χ0n) is 11.7. The SMILES string of the molecule is Cc1nc([C@H]2CCCS(=O)(=O)C2)n(-c2cccc(F)c2)n1. The minimum atomic E-state index is -3.03. The molecule has 1 saturated heterocycles. The molecular formula is C14H16FN3O2S. The second-order valence-corrected chi connectivity index (χ2v) is 7.59. The zero-order chi connectivity index (χ0) is 15.0. The van der Waals surface area contributed by atoms with E-state index in [-0.39, 0.29) is 23.2 Å². The van der Waals surface area contributed by atoms with Crippen LogP contribution in [0.25, 0.3) is 5.69 Å². The number of aryl methyl sites for hydroxylation is 1. The van der Waals surface area contributed by atoms with Crippen LogP contribution >= 0.6 is 0 Å². The number of halogens is 1. The molecule has 5 nitrogen and oxygen atoms in total. The molecule has 112 valence electrons. The van der Waals surface area contributed by atoms with Crippen molar-refractivity contribution in [2.24, 2.45) is 0 Å². The molecule has 1 aliphatic heterocycles. The van der Waals surface area contributed by atoms with Crippen LogP contribution in [0.4, 0.5) is 4.39 Å². The Bertz CT molecular complexity index is 770. The lowest BCUT2D eigenvalue weighted by molar-refractivity contribution is 0.536. The van der Waals surface area contributed by atoms with Gasteiger partial charge >= 0.3 is 0 Å². The van der Waals surface area contributed by atoms with Crippen molar-refractivity contribution in [3.8, 4) is 5.69 Å². The standard InChI is InChI=1S/C14H16FN3O2S/c1-10-16-14(11-4-3-7-21(19,20)9-11)18(17-10)13-6-2-5-12(15)8-13/h2,5-6,8,11H,3-4,7,9H2,1H3/t11-/m0/s1. The summed E-state index contributed by atoms with van der Waals surface area (Å²) < 4.78 is 38.6. The van der Waals surface area contributed by atoms with Crippen molar-refractivity contribution in [2.75, 3.05) is 11.5 Å². The molecule has 1 atom stereocenters. The van der Waals surface area contributed by atoms with E-state index in [0.29, 0.717) is 23.8 Å². The van der Waals surface area contributed by atoms with Crippen molar-refractivity contribution < 1.29 is 12.8 Å². The van der Waals surface area contributed by atoms with Crippen LogP contribution in [-0.2, 0) is 9.84 Å². The Morgan fingerprint density at radius 2 is 2.19 bits per heavy atom. The van der Waals surface area contributed by atoms with E-state index in [9.17, 15) is 12.8 Å². The molecular weight excluding hydrogens is 293 g/mol. The molecule has 0 aliphatic carbocycles. The van der Waals surface area contributed by atoms with Crippen LogP contribution in [0, 0.1) is 12.7 Å². The van der Waals surface area contributed by atoms with E-state index in [4.69, 9.17) is 0 Å². The first-order valence-electron chi connectivity index (χ1n) is 6.84. The summed E-state index contributed by atoms with van der Waals surface area (Å²) in [6, 6.07) is 6.06. The van der Waals surface area contributed by atoms with Gasteiger partial charge in [0, 0.05) is 5.92 Å². The highest BCUT2D eigenvalue weighted by Gasteiger charge is 2.30. The summed E-state index contributed by atoms with van der Waals surface area (Å²) in [4.78, 5) is 4.37. The van der Waals surface area contributed by atoms with Crippen molar-refractivity contribution in [1.82, 2.24) is 14.8 Å². The van der Waals surface area contributed by atoms with Crippen molar-refractivity contribution >= 4 is 9.84 Å². The average Bonchev–Trinajstić information content (AvgIpc) is 2.80. The Labute approximate surface area is 122 Å². The normalized spacial score (nSPS) is 21.3. The van der Waals surface area contributed by atoms with E-state index >= 15 is 0 Å². The van der Waals surface area contributed by atoms with Crippen molar-refractivity contribution in [2.45, 2.75) is 25.7 Å². The van der Waals surface area contributed by atoms with Gasteiger partial charge in [-0.2, -0.15) is 5.10 Å². The minimum Gasteiger partial charge on any atom is -0.229 e. The maximum Gasteiger partial charge on any atom is 0.151 e. The molecule has 1 fully saturated rings. The lowest BCUT2D eigenvalue weighted by atomic mass is 10.0. The van der Waals surface area contributed by atoms with Crippen LogP contribution in [0.1, 0.15) is 30.4 Å². The second kappa shape index (κ2) is 5.22.